The average molecular weight is 416 g/mol. The van der Waals surface area contributed by atoms with Gasteiger partial charge in [0, 0.05) is 38.1 Å². The zero-order valence-electron chi connectivity index (χ0n) is 14.1. The van der Waals surface area contributed by atoms with Gasteiger partial charge in [0.1, 0.15) is 5.02 Å². The normalized spacial score (nSPS) is 14.2. The Morgan fingerprint density at radius 2 is 2.00 bits per heavy atom. The molecule has 0 bridgehead atoms. The number of amides is 1. The highest BCUT2D eigenvalue weighted by Crippen LogP contribution is 2.25. The van der Waals surface area contributed by atoms with Crippen LogP contribution in [0.3, 0.4) is 0 Å². The van der Waals surface area contributed by atoms with Gasteiger partial charge in [0.25, 0.3) is 5.56 Å². The third-order valence-electron chi connectivity index (χ3n) is 4.33. The number of carbonyl (C=O) groups excluding carboxylic acids is 1. The number of hydrogen-bond donors (Lipinski definition) is 0. The number of aromatic nitrogens is 2. The minimum absolute atomic E-state index is 0.0428. The molecule has 3 rings (SSSR count). The number of halogens is 3. The minimum atomic E-state index is -0.475. The molecule has 1 amide bonds. The van der Waals surface area contributed by atoms with Gasteiger partial charge >= 0.3 is 0 Å². The first-order chi connectivity index (χ1) is 12.4. The molecule has 0 aliphatic carbocycles. The summed E-state index contributed by atoms with van der Waals surface area (Å²) in [4.78, 5) is 28.0. The van der Waals surface area contributed by atoms with E-state index < -0.39 is 5.56 Å². The number of benzene rings is 1. The Kier molecular flexibility index (Phi) is 5.75. The van der Waals surface area contributed by atoms with Gasteiger partial charge in [-0.05, 0) is 24.6 Å². The van der Waals surface area contributed by atoms with Gasteiger partial charge in [0.2, 0.25) is 5.91 Å². The number of carbonyl (C=O) groups is 1. The van der Waals surface area contributed by atoms with Gasteiger partial charge in [0.05, 0.1) is 22.6 Å². The van der Waals surface area contributed by atoms with Crippen molar-refractivity contribution >= 4 is 46.4 Å². The van der Waals surface area contributed by atoms with Crippen molar-refractivity contribution in [1.29, 1.82) is 0 Å². The Labute approximate surface area is 165 Å². The Morgan fingerprint density at radius 3 is 2.65 bits per heavy atom. The predicted molar refractivity (Wildman–Crippen MR) is 104 cm³/mol. The molecular weight excluding hydrogens is 399 g/mol. The molecule has 1 aromatic carbocycles. The fraction of sp³-hybridized carbons (Fsp3) is 0.353. The number of nitrogens with zero attached hydrogens (tertiary/aromatic N) is 4. The van der Waals surface area contributed by atoms with Crippen molar-refractivity contribution in [3.05, 3.63) is 49.8 Å². The number of likely N-dealkylation sites (tertiary alicyclic amines) is 1. The van der Waals surface area contributed by atoms with Crippen LogP contribution < -0.4 is 10.5 Å². The maximum absolute atomic E-state index is 12.6. The first-order valence-electron chi connectivity index (χ1n) is 8.10. The highest BCUT2D eigenvalue weighted by molar-refractivity contribution is 6.36. The van der Waals surface area contributed by atoms with Crippen LogP contribution in [0, 0.1) is 0 Å². The van der Waals surface area contributed by atoms with Crippen LogP contribution >= 0.6 is 34.8 Å². The summed E-state index contributed by atoms with van der Waals surface area (Å²) in [5.41, 5.74) is 0.432. The maximum atomic E-state index is 12.6. The van der Waals surface area contributed by atoms with Gasteiger partial charge in [-0.15, -0.1) is 0 Å². The monoisotopic (exact) mass is 414 g/mol. The summed E-state index contributed by atoms with van der Waals surface area (Å²) in [5, 5.41) is 4.99. The van der Waals surface area contributed by atoms with Crippen LogP contribution in [-0.2, 0) is 4.79 Å². The molecule has 26 heavy (non-hydrogen) atoms. The van der Waals surface area contributed by atoms with E-state index in [1.165, 1.54) is 12.3 Å². The van der Waals surface area contributed by atoms with E-state index in [0.717, 1.165) is 17.6 Å². The standard InChI is InChI=1S/C17H17Cl3N4O2/c1-22(7-8-23-6-2-3-15(23)25)14-10-21-24(17(26)16(14)20)13-5-4-11(18)9-12(13)19/h4-5,9-10H,2-3,6-8H2,1H3. The fourth-order valence-electron chi connectivity index (χ4n) is 2.85. The molecule has 0 radical (unpaired) electrons. The molecule has 2 heterocycles. The largest absolute Gasteiger partial charge is 0.370 e. The van der Waals surface area contributed by atoms with Crippen molar-refractivity contribution < 1.29 is 4.79 Å². The Bertz CT molecular complexity index is 900. The third kappa shape index (κ3) is 3.82. The van der Waals surface area contributed by atoms with E-state index >= 15 is 0 Å². The number of likely N-dealkylation sites (N-methyl/N-ethyl adjacent to an activating group) is 1. The molecule has 1 aromatic heterocycles. The number of rotatable bonds is 5. The van der Waals surface area contributed by atoms with Crippen LogP contribution in [0.1, 0.15) is 12.8 Å². The van der Waals surface area contributed by atoms with E-state index in [9.17, 15) is 9.59 Å². The summed E-state index contributed by atoms with van der Waals surface area (Å²) in [6.07, 6.45) is 3.01. The van der Waals surface area contributed by atoms with Crippen molar-refractivity contribution in [3.8, 4) is 5.69 Å². The van der Waals surface area contributed by atoms with E-state index in [1.54, 1.807) is 12.1 Å². The van der Waals surface area contributed by atoms with E-state index in [4.69, 9.17) is 34.8 Å². The van der Waals surface area contributed by atoms with E-state index in [2.05, 4.69) is 5.10 Å². The Balaban J connectivity index is 1.82. The second kappa shape index (κ2) is 7.86. The molecule has 0 spiro atoms. The molecule has 0 N–H and O–H groups in total. The van der Waals surface area contributed by atoms with Crippen LogP contribution in [0.15, 0.2) is 29.2 Å². The first-order valence-corrected chi connectivity index (χ1v) is 9.24. The molecule has 1 saturated heterocycles. The number of hydrogen-bond acceptors (Lipinski definition) is 4. The van der Waals surface area contributed by atoms with Crippen LogP contribution in [0.4, 0.5) is 5.69 Å². The Morgan fingerprint density at radius 1 is 1.23 bits per heavy atom. The van der Waals surface area contributed by atoms with Crippen molar-refractivity contribution in [2.45, 2.75) is 12.8 Å². The van der Waals surface area contributed by atoms with Crippen LogP contribution in [0.5, 0.6) is 0 Å². The van der Waals surface area contributed by atoms with Gasteiger partial charge in [0.15, 0.2) is 0 Å². The minimum Gasteiger partial charge on any atom is -0.370 e. The van der Waals surface area contributed by atoms with Gasteiger partial charge in [-0.1, -0.05) is 34.8 Å². The highest BCUT2D eigenvalue weighted by Gasteiger charge is 2.21. The van der Waals surface area contributed by atoms with Crippen molar-refractivity contribution in [3.63, 3.8) is 0 Å². The molecule has 6 nitrogen and oxygen atoms in total. The molecule has 1 aliphatic heterocycles. The second-order valence-electron chi connectivity index (χ2n) is 6.06. The topological polar surface area (TPSA) is 58.4 Å². The fourth-order valence-corrected chi connectivity index (χ4v) is 3.61. The molecule has 1 aliphatic rings. The first kappa shape index (κ1) is 19.0. The molecule has 0 unspecified atom stereocenters. The molecule has 0 saturated carbocycles. The lowest BCUT2D eigenvalue weighted by molar-refractivity contribution is -0.127. The summed E-state index contributed by atoms with van der Waals surface area (Å²) in [6.45, 7) is 1.91. The van der Waals surface area contributed by atoms with Crippen LogP contribution in [0.25, 0.3) is 5.69 Å². The van der Waals surface area contributed by atoms with Gasteiger partial charge < -0.3 is 9.80 Å². The second-order valence-corrected chi connectivity index (χ2v) is 7.28. The maximum Gasteiger partial charge on any atom is 0.292 e. The van der Waals surface area contributed by atoms with Gasteiger partial charge in [-0.3, -0.25) is 9.59 Å². The SMILES string of the molecule is CN(CCN1CCCC1=O)c1cnn(-c2ccc(Cl)cc2Cl)c(=O)c1Cl. The molecule has 0 atom stereocenters. The molecule has 2 aromatic rings. The zero-order valence-corrected chi connectivity index (χ0v) is 16.4. The lowest BCUT2D eigenvalue weighted by Crippen LogP contribution is -2.35. The lowest BCUT2D eigenvalue weighted by atomic mass is 10.3. The van der Waals surface area contributed by atoms with Crippen molar-refractivity contribution in [2.24, 2.45) is 0 Å². The average Bonchev–Trinajstić information content (AvgIpc) is 3.01. The third-order valence-corrected chi connectivity index (χ3v) is 5.22. The van der Waals surface area contributed by atoms with Crippen LogP contribution in [0.2, 0.25) is 15.1 Å². The summed E-state index contributed by atoms with van der Waals surface area (Å²) in [5.74, 6) is 0.162. The quantitative estimate of drug-likeness (QED) is 0.752. The summed E-state index contributed by atoms with van der Waals surface area (Å²) >= 11 is 18.3. The lowest BCUT2D eigenvalue weighted by Gasteiger charge is -2.24. The molecule has 138 valence electrons. The molecule has 9 heteroatoms. The van der Waals surface area contributed by atoms with E-state index in [-0.39, 0.29) is 10.9 Å². The van der Waals surface area contributed by atoms with Crippen molar-refractivity contribution in [1.82, 2.24) is 14.7 Å². The van der Waals surface area contributed by atoms with Crippen LogP contribution in [-0.4, -0.2) is 47.3 Å². The van der Waals surface area contributed by atoms with Gasteiger partial charge in [-0.2, -0.15) is 9.78 Å². The van der Waals surface area contributed by atoms with Crippen molar-refractivity contribution in [2.75, 3.05) is 31.6 Å². The van der Waals surface area contributed by atoms with E-state index in [1.807, 2.05) is 16.8 Å². The van der Waals surface area contributed by atoms with E-state index in [0.29, 0.717) is 40.9 Å². The smallest absolute Gasteiger partial charge is 0.292 e. The summed E-state index contributed by atoms with van der Waals surface area (Å²) in [6, 6.07) is 4.77. The number of anilines is 1. The highest BCUT2D eigenvalue weighted by atomic mass is 35.5. The Hall–Kier alpha value is -1.76. The summed E-state index contributed by atoms with van der Waals surface area (Å²) in [7, 11) is 1.81. The summed E-state index contributed by atoms with van der Waals surface area (Å²) < 4.78 is 1.14. The molecular formula is C17H17Cl3N4O2. The van der Waals surface area contributed by atoms with Gasteiger partial charge in [-0.25, -0.2) is 0 Å². The molecule has 1 fully saturated rings. The zero-order chi connectivity index (χ0) is 18.8. The predicted octanol–water partition coefficient (Wildman–Crippen LogP) is 3.25.